The summed E-state index contributed by atoms with van der Waals surface area (Å²) in [5.41, 5.74) is 3.19. The van der Waals surface area contributed by atoms with Crippen LogP contribution in [0.25, 0.3) is 0 Å². The van der Waals surface area contributed by atoms with Crippen molar-refractivity contribution in [2.75, 3.05) is 13.2 Å². The van der Waals surface area contributed by atoms with Crippen molar-refractivity contribution in [3.63, 3.8) is 0 Å². The summed E-state index contributed by atoms with van der Waals surface area (Å²) in [6.07, 6.45) is 1.17. The molecule has 1 aliphatic rings. The third-order valence-corrected chi connectivity index (χ3v) is 4.48. The standard InChI is InChI=1S/C20H31NO4/c1-6-24-18(22)11-10-15-8-7-9-16-14(2)21(13-12-17(15)16)19(23)25-20(3,4)5/h7-9,14,18,22H,6,10-13H2,1-5H3. The van der Waals surface area contributed by atoms with Crippen LogP contribution in [0, 0.1) is 0 Å². The summed E-state index contributed by atoms with van der Waals surface area (Å²) < 4.78 is 10.7. The number of carbonyl (C=O) groups excluding carboxylic acids is 1. The van der Waals surface area contributed by atoms with Crippen LogP contribution in [0.3, 0.4) is 0 Å². The van der Waals surface area contributed by atoms with Crippen LogP contribution < -0.4 is 0 Å². The van der Waals surface area contributed by atoms with E-state index in [1.54, 1.807) is 4.90 Å². The van der Waals surface area contributed by atoms with Crippen LogP contribution in [0.2, 0.25) is 0 Å². The summed E-state index contributed by atoms with van der Waals surface area (Å²) in [7, 11) is 0. The molecule has 0 bridgehead atoms. The Kier molecular flexibility index (Phi) is 6.47. The van der Waals surface area contributed by atoms with E-state index in [1.165, 1.54) is 16.7 Å². The highest BCUT2D eigenvalue weighted by Gasteiger charge is 2.31. The van der Waals surface area contributed by atoms with E-state index >= 15 is 0 Å². The van der Waals surface area contributed by atoms with E-state index in [2.05, 4.69) is 12.1 Å². The van der Waals surface area contributed by atoms with Gasteiger partial charge in [-0.05, 0) is 64.2 Å². The molecule has 1 amide bonds. The van der Waals surface area contributed by atoms with Gasteiger partial charge in [0.15, 0.2) is 6.29 Å². The Morgan fingerprint density at radius 1 is 1.40 bits per heavy atom. The van der Waals surface area contributed by atoms with Gasteiger partial charge in [0.1, 0.15) is 5.60 Å². The molecule has 0 fully saturated rings. The largest absolute Gasteiger partial charge is 0.444 e. The molecule has 5 heteroatoms. The zero-order valence-electron chi connectivity index (χ0n) is 16.0. The number of aliphatic hydroxyl groups is 1. The molecular weight excluding hydrogens is 318 g/mol. The molecule has 0 radical (unpaired) electrons. The first kappa shape index (κ1) is 19.7. The number of aryl methyl sites for hydroxylation is 1. The Bertz CT molecular complexity index is 594. The van der Waals surface area contributed by atoms with Crippen LogP contribution in [0.5, 0.6) is 0 Å². The SMILES string of the molecule is CCOC(O)CCc1cccc2c1CCN(C(=O)OC(C)(C)C)C2C. The van der Waals surface area contributed by atoms with E-state index in [0.29, 0.717) is 19.6 Å². The van der Waals surface area contributed by atoms with Gasteiger partial charge in [-0.1, -0.05) is 18.2 Å². The highest BCUT2D eigenvalue weighted by Crippen LogP contribution is 2.33. The third-order valence-electron chi connectivity index (χ3n) is 4.48. The second kappa shape index (κ2) is 8.19. The molecule has 2 unspecified atom stereocenters. The van der Waals surface area contributed by atoms with E-state index in [4.69, 9.17) is 9.47 Å². The first-order valence-corrected chi connectivity index (χ1v) is 9.13. The molecule has 1 aromatic carbocycles. The monoisotopic (exact) mass is 349 g/mol. The topological polar surface area (TPSA) is 59.0 Å². The minimum absolute atomic E-state index is 0.0182. The van der Waals surface area contributed by atoms with Crippen molar-refractivity contribution >= 4 is 6.09 Å². The lowest BCUT2D eigenvalue weighted by Gasteiger charge is -2.37. The molecule has 25 heavy (non-hydrogen) atoms. The van der Waals surface area contributed by atoms with Crippen molar-refractivity contribution in [2.45, 2.75) is 71.8 Å². The normalized spacial score (nSPS) is 18.6. The molecule has 1 heterocycles. The lowest BCUT2D eigenvalue weighted by molar-refractivity contribution is -0.0980. The van der Waals surface area contributed by atoms with Crippen LogP contribution in [0.15, 0.2) is 18.2 Å². The summed E-state index contributed by atoms with van der Waals surface area (Å²) in [6.45, 7) is 10.7. The van der Waals surface area contributed by atoms with Gasteiger partial charge in [0.05, 0.1) is 6.04 Å². The predicted octanol–water partition coefficient (Wildman–Crippen LogP) is 3.83. The number of rotatable bonds is 5. The number of aliphatic hydroxyl groups excluding tert-OH is 1. The summed E-state index contributed by atoms with van der Waals surface area (Å²) in [4.78, 5) is 14.3. The van der Waals surface area contributed by atoms with Gasteiger partial charge in [-0.25, -0.2) is 4.79 Å². The molecule has 1 aromatic rings. The van der Waals surface area contributed by atoms with E-state index in [-0.39, 0.29) is 12.1 Å². The fraction of sp³-hybridized carbons (Fsp3) is 0.650. The van der Waals surface area contributed by atoms with Crippen LogP contribution in [0.4, 0.5) is 4.79 Å². The number of carbonyl (C=O) groups is 1. The average Bonchev–Trinajstić information content (AvgIpc) is 2.52. The molecule has 5 nitrogen and oxygen atoms in total. The Balaban J connectivity index is 2.12. The van der Waals surface area contributed by atoms with Crippen molar-refractivity contribution in [3.05, 3.63) is 34.9 Å². The number of ether oxygens (including phenoxy) is 2. The molecule has 2 rings (SSSR count). The van der Waals surface area contributed by atoms with Gasteiger partial charge in [-0.3, -0.25) is 0 Å². The molecule has 0 saturated carbocycles. The van der Waals surface area contributed by atoms with Gasteiger partial charge in [0.25, 0.3) is 0 Å². The minimum atomic E-state index is -0.722. The summed E-state index contributed by atoms with van der Waals surface area (Å²) in [5.74, 6) is 0. The number of hydrogen-bond acceptors (Lipinski definition) is 4. The lowest BCUT2D eigenvalue weighted by atomic mass is 9.88. The maximum atomic E-state index is 12.5. The van der Waals surface area contributed by atoms with Crippen molar-refractivity contribution in [1.82, 2.24) is 4.90 Å². The fourth-order valence-corrected chi connectivity index (χ4v) is 3.30. The number of nitrogens with zero attached hydrogens (tertiary/aromatic N) is 1. The van der Waals surface area contributed by atoms with Crippen LogP contribution in [-0.2, 0) is 22.3 Å². The smallest absolute Gasteiger partial charge is 0.410 e. The summed E-state index contributed by atoms with van der Waals surface area (Å²) in [6, 6.07) is 6.19. The van der Waals surface area contributed by atoms with Crippen LogP contribution in [0.1, 0.15) is 63.8 Å². The van der Waals surface area contributed by atoms with Gasteiger partial charge in [-0.15, -0.1) is 0 Å². The van der Waals surface area contributed by atoms with Gasteiger partial charge >= 0.3 is 6.09 Å². The van der Waals surface area contributed by atoms with E-state index in [1.807, 2.05) is 40.7 Å². The molecule has 0 saturated heterocycles. The van der Waals surface area contributed by atoms with Crippen molar-refractivity contribution in [3.8, 4) is 0 Å². The number of benzene rings is 1. The summed E-state index contributed by atoms with van der Waals surface area (Å²) >= 11 is 0. The Hall–Kier alpha value is -1.59. The highest BCUT2D eigenvalue weighted by atomic mass is 16.6. The van der Waals surface area contributed by atoms with Gasteiger partial charge in [-0.2, -0.15) is 0 Å². The van der Waals surface area contributed by atoms with Gasteiger partial charge in [0.2, 0.25) is 0 Å². The Morgan fingerprint density at radius 3 is 2.76 bits per heavy atom. The molecule has 1 aliphatic heterocycles. The molecule has 1 N–H and O–H groups in total. The zero-order valence-corrected chi connectivity index (χ0v) is 16.0. The summed E-state index contributed by atoms with van der Waals surface area (Å²) in [5, 5.41) is 9.80. The van der Waals surface area contributed by atoms with Crippen LogP contribution in [-0.4, -0.2) is 41.1 Å². The maximum absolute atomic E-state index is 12.5. The predicted molar refractivity (Wildman–Crippen MR) is 97.5 cm³/mol. The molecular formula is C20H31NO4. The van der Waals surface area contributed by atoms with Gasteiger partial charge < -0.3 is 19.5 Å². The molecule has 0 spiro atoms. The quantitative estimate of drug-likeness (QED) is 0.821. The Morgan fingerprint density at radius 2 is 2.12 bits per heavy atom. The Labute approximate surface area is 150 Å². The van der Waals surface area contributed by atoms with Crippen LogP contribution >= 0.6 is 0 Å². The number of fused-ring (bicyclic) bond motifs is 1. The van der Waals surface area contributed by atoms with Gasteiger partial charge in [0, 0.05) is 19.6 Å². The number of amides is 1. The molecule has 0 aromatic heterocycles. The minimum Gasteiger partial charge on any atom is -0.444 e. The molecule has 140 valence electrons. The molecule has 2 atom stereocenters. The number of hydrogen-bond donors (Lipinski definition) is 1. The van der Waals surface area contributed by atoms with Crippen molar-refractivity contribution < 1.29 is 19.4 Å². The van der Waals surface area contributed by atoms with E-state index in [9.17, 15) is 9.90 Å². The molecule has 0 aliphatic carbocycles. The van der Waals surface area contributed by atoms with E-state index < -0.39 is 11.9 Å². The second-order valence-corrected chi connectivity index (χ2v) is 7.53. The highest BCUT2D eigenvalue weighted by molar-refractivity contribution is 5.69. The first-order chi connectivity index (χ1) is 11.7. The lowest BCUT2D eigenvalue weighted by Crippen LogP contribution is -2.42. The van der Waals surface area contributed by atoms with E-state index in [0.717, 1.165) is 12.8 Å². The third kappa shape index (κ3) is 5.19. The second-order valence-electron chi connectivity index (χ2n) is 7.53. The van der Waals surface area contributed by atoms with Crippen molar-refractivity contribution in [1.29, 1.82) is 0 Å². The fourth-order valence-electron chi connectivity index (χ4n) is 3.30. The maximum Gasteiger partial charge on any atom is 0.410 e. The first-order valence-electron chi connectivity index (χ1n) is 9.13. The van der Waals surface area contributed by atoms with Crippen molar-refractivity contribution in [2.24, 2.45) is 0 Å². The zero-order chi connectivity index (χ0) is 18.6. The average molecular weight is 349 g/mol.